The average molecular weight is 374 g/mol. The second-order valence-electron chi connectivity index (χ2n) is 5.52. The lowest BCUT2D eigenvalue weighted by molar-refractivity contribution is -0.139. The number of carboxylic acid groups (broad SMARTS) is 1. The Morgan fingerprint density at radius 1 is 1.27 bits per heavy atom. The van der Waals surface area contributed by atoms with Crippen LogP contribution in [0.4, 0.5) is 4.39 Å². The molecule has 1 aliphatic rings. The predicted molar refractivity (Wildman–Crippen MR) is 95.6 cm³/mol. The van der Waals surface area contributed by atoms with Gasteiger partial charge in [-0.1, -0.05) is 6.07 Å². The molecule has 0 spiro atoms. The molecule has 0 aliphatic carbocycles. The van der Waals surface area contributed by atoms with Crippen LogP contribution in [0.2, 0.25) is 0 Å². The van der Waals surface area contributed by atoms with E-state index in [0.717, 1.165) is 4.90 Å². The van der Waals surface area contributed by atoms with E-state index in [1.165, 1.54) is 31.0 Å². The Morgan fingerprint density at radius 2 is 2.08 bits per heavy atom. The van der Waals surface area contributed by atoms with Gasteiger partial charge in [0.2, 0.25) is 0 Å². The minimum Gasteiger partial charge on any atom is -0.493 e. The number of carboxylic acids is 1. The third kappa shape index (κ3) is 3.88. The van der Waals surface area contributed by atoms with E-state index in [1.54, 1.807) is 30.3 Å². The lowest BCUT2D eigenvalue weighted by atomic mass is 10.0. The monoisotopic (exact) mass is 374 g/mol. The van der Waals surface area contributed by atoms with Crippen molar-refractivity contribution in [3.63, 3.8) is 0 Å². The molecule has 1 heterocycles. The Hall–Kier alpha value is -2.80. The molecule has 26 heavy (non-hydrogen) atoms. The van der Waals surface area contributed by atoms with Crippen LogP contribution < -0.4 is 9.47 Å². The topological polar surface area (TPSA) is 72.8 Å². The molecular weight excluding hydrogens is 359 g/mol. The van der Waals surface area contributed by atoms with Crippen molar-refractivity contribution in [1.29, 1.82) is 0 Å². The van der Waals surface area contributed by atoms with E-state index >= 15 is 0 Å². The van der Waals surface area contributed by atoms with Crippen LogP contribution in [0, 0.1) is 5.82 Å². The summed E-state index contributed by atoms with van der Waals surface area (Å²) in [5.74, 6) is -0.591. The Balaban J connectivity index is 1.88. The van der Waals surface area contributed by atoms with Crippen LogP contribution >= 0.6 is 11.8 Å². The van der Waals surface area contributed by atoms with Gasteiger partial charge in [-0.25, -0.2) is 9.18 Å². The summed E-state index contributed by atoms with van der Waals surface area (Å²) in [5.41, 5.74) is 1.61. The Bertz CT molecular complexity index is 907. The summed E-state index contributed by atoms with van der Waals surface area (Å²) in [4.78, 5) is 24.0. The van der Waals surface area contributed by atoms with Crippen LogP contribution in [-0.2, 0) is 4.79 Å². The summed E-state index contributed by atoms with van der Waals surface area (Å²) in [6.07, 6.45) is 1.71. The standard InChI is InChI=1S/C19H15FO5S/c1-24-16-7-11(2-4-15(16)25-9-18(21)22)6-12-10-26-17-5-3-13(20)8-14(17)19(12)23/h2-8H,9-10H2,1H3,(H,21,22)/b12-6+. The maximum atomic E-state index is 13.4. The fourth-order valence-electron chi connectivity index (χ4n) is 2.54. The third-order valence-corrected chi connectivity index (χ3v) is 4.86. The number of rotatable bonds is 5. The largest absolute Gasteiger partial charge is 0.493 e. The molecule has 0 amide bonds. The van der Waals surface area contributed by atoms with Crippen molar-refractivity contribution in [2.75, 3.05) is 19.5 Å². The number of Topliss-reactive ketones (excluding diaryl/α,β-unsaturated/α-hetero) is 1. The quantitative estimate of drug-likeness (QED) is 0.805. The average Bonchev–Trinajstić information content (AvgIpc) is 2.63. The van der Waals surface area contributed by atoms with Crippen molar-refractivity contribution in [3.05, 3.63) is 58.9 Å². The Morgan fingerprint density at radius 3 is 2.81 bits per heavy atom. The number of hydrogen-bond donors (Lipinski definition) is 1. The fraction of sp³-hybridized carbons (Fsp3) is 0.158. The van der Waals surface area contributed by atoms with Gasteiger partial charge in [-0.05, 0) is 42.0 Å². The second-order valence-corrected chi connectivity index (χ2v) is 6.54. The van der Waals surface area contributed by atoms with Crippen molar-refractivity contribution in [2.24, 2.45) is 0 Å². The van der Waals surface area contributed by atoms with Gasteiger partial charge in [-0.3, -0.25) is 4.79 Å². The number of ether oxygens (including phenoxy) is 2. The van der Waals surface area contributed by atoms with Gasteiger partial charge in [0.1, 0.15) is 5.82 Å². The molecule has 0 aromatic heterocycles. The van der Waals surface area contributed by atoms with Gasteiger partial charge in [0, 0.05) is 21.8 Å². The van der Waals surface area contributed by atoms with Gasteiger partial charge in [0.15, 0.2) is 23.9 Å². The molecule has 7 heteroatoms. The smallest absolute Gasteiger partial charge is 0.341 e. The van der Waals surface area contributed by atoms with E-state index < -0.39 is 18.4 Å². The van der Waals surface area contributed by atoms with E-state index in [9.17, 15) is 14.0 Å². The highest BCUT2D eigenvalue weighted by Gasteiger charge is 2.23. The summed E-state index contributed by atoms with van der Waals surface area (Å²) in [7, 11) is 1.44. The molecule has 134 valence electrons. The van der Waals surface area contributed by atoms with Gasteiger partial charge in [-0.15, -0.1) is 11.8 Å². The molecule has 0 bridgehead atoms. The highest BCUT2D eigenvalue weighted by atomic mass is 32.2. The number of ketones is 1. The lowest BCUT2D eigenvalue weighted by Gasteiger charge is -2.17. The first-order valence-corrected chi connectivity index (χ1v) is 8.66. The molecular formula is C19H15FO5S. The number of hydrogen-bond acceptors (Lipinski definition) is 5. The van der Waals surface area contributed by atoms with Gasteiger partial charge >= 0.3 is 5.97 Å². The van der Waals surface area contributed by atoms with Crippen LogP contribution in [0.15, 0.2) is 46.9 Å². The van der Waals surface area contributed by atoms with Gasteiger partial charge < -0.3 is 14.6 Å². The van der Waals surface area contributed by atoms with E-state index in [-0.39, 0.29) is 5.78 Å². The number of carbonyl (C=O) groups is 2. The van der Waals surface area contributed by atoms with Gasteiger partial charge in [0.25, 0.3) is 0 Å². The molecule has 5 nitrogen and oxygen atoms in total. The highest BCUT2D eigenvalue weighted by molar-refractivity contribution is 7.99. The van der Waals surface area contributed by atoms with Crippen molar-refractivity contribution < 1.29 is 28.6 Å². The molecule has 3 rings (SSSR count). The maximum absolute atomic E-state index is 13.4. The first-order valence-electron chi connectivity index (χ1n) is 7.68. The van der Waals surface area contributed by atoms with Crippen LogP contribution in [0.5, 0.6) is 11.5 Å². The summed E-state index contributed by atoms with van der Waals surface area (Å²) in [6.45, 7) is -0.478. The maximum Gasteiger partial charge on any atom is 0.341 e. The fourth-order valence-corrected chi connectivity index (χ4v) is 3.54. The summed E-state index contributed by atoms with van der Waals surface area (Å²) >= 11 is 1.48. The third-order valence-electron chi connectivity index (χ3n) is 3.74. The van der Waals surface area contributed by atoms with Crippen molar-refractivity contribution in [1.82, 2.24) is 0 Å². The van der Waals surface area contributed by atoms with Crippen molar-refractivity contribution in [2.45, 2.75) is 4.90 Å². The minimum atomic E-state index is -1.09. The number of carbonyl (C=O) groups excluding carboxylic acids is 1. The summed E-state index contributed by atoms with van der Waals surface area (Å²) in [6, 6.07) is 9.15. The summed E-state index contributed by atoms with van der Waals surface area (Å²) in [5, 5.41) is 8.70. The molecule has 2 aromatic rings. The molecule has 1 N–H and O–H groups in total. The molecule has 1 aliphatic heterocycles. The SMILES string of the molecule is COc1cc(/C=C2\CSc3ccc(F)cc3C2=O)ccc1OCC(=O)O. The number of benzene rings is 2. The van der Waals surface area contributed by atoms with E-state index in [2.05, 4.69) is 0 Å². The molecule has 0 saturated heterocycles. The number of thioether (sulfide) groups is 1. The predicted octanol–water partition coefficient (Wildman–Crippen LogP) is 3.67. The highest BCUT2D eigenvalue weighted by Crippen LogP contribution is 2.35. The lowest BCUT2D eigenvalue weighted by Crippen LogP contribution is -2.12. The van der Waals surface area contributed by atoms with Crippen molar-refractivity contribution >= 4 is 29.6 Å². The number of fused-ring (bicyclic) bond motifs is 1. The second kappa shape index (κ2) is 7.61. The molecule has 0 radical (unpaired) electrons. The normalized spacial score (nSPS) is 14.8. The van der Waals surface area contributed by atoms with E-state index in [1.807, 2.05) is 0 Å². The number of methoxy groups -OCH3 is 1. The Labute approximate surface area is 153 Å². The summed E-state index contributed by atoms with van der Waals surface area (Å²) < 4.78 is 23.8. The van der Waals surface area contributed by atoms with Crippen LogP contribution in [0.1, 0.15) is 15.9 Å². The first-order chi connectivity index (χ1) is 12.5. The molecule has 0 fully saturated rings. The molecule has 0 saturated carbocycles. The van der Waals surface area contributed by atoms with Gasteiger partial charge in [0.05, 0.1) is 7.11 Å². The molecule has 2 aromatic carbocycles. The van der Waals surface area contributed by atoms with Gasteiger partial charge in [-0.2, -0.15) is 0 Å². The first kappa shape index (κ1) is 18.0. The Kier molecular flexibility index (Phi) is 5.27. The zero-order chi connectivity index (χ0) is 18.7. The number of halogens is 1. The van der Waals surface area contributed by atoms with Crippen molar-refractivity contribution in [3.8, 4) is 11.5 Å². The van der Waals surface area contributed by atoms with Crippen LogP contribution in [0.25, 0.3) is 6.08 Å². The van der Waals surface area contributed by atoms with Crippen LogP contribution in [0.3, 0.4) is 0 Å². The zero-order valence-electron chi connectivity index (χ0n) is 13.8. The minimum absolute atomic E-state index is 0.205. The van der Waals surface area contributed by atoms with E-state index in [4.69, 9.17) is 14.6 Å². The molecule has 0 atom stereocenters. The van der Waals surface area contributed by atoms with Crippen LogP contribution in [-0.4, -0.2) is 36.3 Å². The molecule has 0 unspecified atom stereocenters. The van der Waals surface area contributed by atoms with E-state index in [0.29, 0.717) is 34.0 Å². The number of aliphatic carboxylic acids is 1. The zero-order valence-corrected chi connectivity index (χ0v) is 14.6.